The van der Waals surface area contributed by atoms with Crippen molar-refractivity contribution in [2.24, 2.45) is 5.92 Å². The number of aromatic amines is 1. The predicted octanol–water partition coefficient (Wildman–Crippen LogP) is 1.67. The third-order valence-corrected chi connectivity index (χ3v) is 4.91. The van der Waals surface area contributed by atoms with E-state index in [-0.39, 0.29) is 30.1 Å². The van der Waals surface area contributed by atoms with Crippen molar-refractivity contribution >= 4 is 5.91 Å². The van der Waals surface area contributed by atoms with E-state index in [1.807, 2.05) is 30.3 Å². The number of benzene rings is 1. The molecule has 2 fully saturated rings. The molecular weight excluding hydrogens is 334 g/mol. The minimum absolute atomic E-state index is 0.00551. The van der Waals surface area contributed by atoms with Crippen LogP contribution < -0.4 is 10.1 Å². The molecule has 0 bridgehead atoms. The van der Waals surface area contributed by atoms with Gasteiger partial charge in [0.2, 0.25) is 5.91 Å². The second-order valence-electron chi connectivity index (χ2n) is 6.83. The van der Waals surface area contributed by atoms with E-state index < -0.39 is 0 Å². The Labute approximate surface area is 152 Å². The van der Waals surface area contributed by atoms with E-state index >= 15 is 0 Å². The molecule has 1 aromatic heterocycles. The number of hydrogen-bond donors (Lipinski definition) is 2. The molecule has 26 heavy (non-hydrogen) atoms. The third-order valence-electron chi connectivity index (χ3n) is 4.91. The van der Waals surface area contributed by atoms with Crippen LogP contribution in [-0.2, 0) is 20.9 Å². The van der Waals surface area contributed by atoms with Crippen LogP contribution in [0.5, 0.6) is 5.75 Å². The minimum Gasteiger partial charge on any atom is -0.482 e. The second kappa shape index (κ2) is 7.88. The van der Waals surface area contributed by atoms with Crippen LogP contribution in [0.15, 0.2) is 42.7 Å². The van der Waals surface area contributed by atoms with Crippen LogP contribution in [0.3, 0.4) is 0 Å². The highest BCUT2D eigenvalue weighted by molar-refractivity contribution is 5.80. The number of rotatable bonds is 7. The van der Waals surface area contributed by atoms with Gasteiger partial charge in [0, 0.05) is 5.92 Å². The zero-order valence-electron chi connectivity index (χ0n) is 14.5. The summed E-state index contributed by atoms with van der Waals surface area (Å²) in [5, 5.41) is 9.63. The van der Waals surface area contributed by atoms with E-state index in [2.05, 4.69) is 15.5 Å². The number of H-pyrrole nitrogens is 1. The van der Waals surface area contributed by atoms with E-state index in [1.54, 1.807) is 12.4 Å². The predicted molar refractivity (Wildman–Crippen MR) is 93.5 cm³/mol. The van der Waals surface area contributed by atoms with Crippen molar-refractivity contribution in [2.75, 3.05) is 13.2 Å². The summed E-state index contributed by atoms with van der Waals surface area (Å²) >= 11 is 0. The lowest BCUT2D eigenvalue weighted by Gasteiger charge is -2.35. The summed E-state index contributed by atoms with van der Waals surface area (Å²) in [7, 11) is 0. The first kappa shape index (κ1) is 17.1. The first-order valence-electron chi connectivity index (χ1n) is 8.97. The lowest BCUT2D eigenvalue weighted by atomic mass is 9.81. The van der Waals surface area contributed by atoms with Crippen LogP contribution >= 0.6 is 0 Å². The molecule has 1 amide bonds. The molecule has 138 valence electrons. The van der Waals surface area contributed by atoms with E-state index in [4.69, 9.17) is 14.2 Å². The molecule has 1 aromatic carbocycles. The summed E-state index contributed by atoms with van der Waals surface area (Å²) in [5.41, 5.74) is 1.16. The zero-order valence-corrected chi connectivity index (χ0v) is 14.5. The third kappa shape index (κ3) is 4.05. The maximum atomic E-state index is 12.5. The van der Waals surface area contributed by atoms with Gasteiger partial charge >= 0.3 is 0 Å². The molecule has 2 atom stereocenters. The number of aromatic nitrogens is 2. The van der Waals surface area contributed by atoms with Gasteiger partial charge in [0.05, 0.1) is 44.4 Å². The molecule has 1 aliphatic carbocycles. The molecule has 0 spiro atoms. The van der Waals surface area contributed by atoms with Gasteiger partial charge in [0.25, 0.3) is 0 Å². The summed E-state index contributed by atoms with van der Waals surface area (Å²) in [6.07, 6.45) is 4.78. The number of nitrogens with one attached hydrogen (secondary N) is 2. The number of carbonyl (C=O) groups is 1. The highest BCUT2D eigenvalue weighted by atomic mass is 16.5. The van der Waals surface area contributed by atoms with Crippen molar-refractivity contribution in [2.45, 2.75) is 37.7 Å². The highest BCUT2D eigenvalue weighted by Crippen LogP contribution is 2.31. The van der Waals surface area contributed by atoms with Gasteiger partial charge in [-0.15, -0.1) is 0 Å². The van der Waals surface area contributed by atoms with Crippen molar-refractivity contribution in [3.8, 4) is 5.75 Å². The van der Waals surface area contributed by atoms with Crippen molar-refractivity contribution in [1.29, 1.82) is 0 Å². The zero-order chi connectivity index (χ0) is 17.8. The Kier molecular flexibility index (Phi) is 5.17. The Morgan fingerprint density at radius 3 is 2.88 bits per heavy atom. The van der Waals surface area contributed by atoms with Gasteiger partial charge in [0.15, 0.2) is 5.75 Å². The number of ether oxygens (including phenoxy) is 3. The van der Waals surface area contributed by atoms with Gasteiger partial charge < -0.3 is 19.5 Å². The normalized spacial score (nSPS) is 27.7. The van der Waals surface area contributed by atoms with Gasteiger partial charge in [-0.25, -0.2) is 0 Å². The summed E-state index contributed by atoms with van der Waals surface area (Å²) < 4.78 is 17.1. The molecule has 1 saturated carbocycles. The monoisotopic (exact) mass is 357 g/mol. The Morgan fingerprint density at radius 1 is 1.27 bits per heavy atom. The number of hydrogen-bond acceptors (Lipinski definition) is 5. The quantitative estimate of drug-likeness (QED) is 0.787. The van der Waals surface area contributed by atoms with E-state index in [9.17, 15) is 4.79 Å². The molecule has 2 aromatic rings. The number of carbonyl (C=O) groups excluding carboxylic acids is 1. The molecule has 1 saturated heterocycles. The number of amides is 1. The fraction of sp³-hybridized carbons (Fsp3) is 0.474. The van der Waals surface area contributed by atoms with Crippen LogP contribution in [0.2, 0.25) is 0 Å². The van der Waals surface area contributed by atoms with Crippen LogP contribution in [0.4, 0.5) is 0 Å². The lowest BCUT2D eigenvalue weighted by molar-refractivity contribution is -0.135. The molecule has 7 heteroatoms. The highest BCUT2D eigenvalue weighted by Gasteiger charge is 2.38. The van der Waals surface area contributed by atoms with Gasteiger partial charge in [-0.2, -0.15) is 5.10 Å². The molecule has 0 unspecified atom stereocenters. The SMILES string of the molecule is O=C(N[C@H]1COC[C@H]1Oc1cn[nH]c1)C1CC(OCc2ccccc2)C1. The minimum atomic E-state index is -0.193. The Bertz CT molecular complexity index is 701. The summed E-state index contributed by atoms with van der Waals surface area (Å²) in [4.78, 5) is 12.5. The molecule has 2 N–H and O–H groups in total. The summed E-state index contributed by atoms with van der Waals surface area (Å²) in [6, 6.07) is 9.94. The van der Waals surface area contributed by atoms with Crippen LogP contribution in [0.1, 0.15) is 18.4 Å². The van der Waals surface area contributed by atoms with E-state index in [0.717, 1.165) is 18.4 Å². The average Bonchev–Trinajstić information content (AvgIpc) is 3.27. The average molecular weight is 357 g/mol. The van der Waals surface area contributed by atoms with Gasteiger partial charge in [0.1, 0.15) is 6.10 Å². The summed E-state index contributed by atoms with van der Waals surface area (Å²) in [5.74, 6) is 0.713. The largest absolute Gasteiger partial charge is 0.482 e. The van der Waals surface area contributed by atoms with Crippen molar-refractivity contribution in [1.82, 2.24) is 15.5 Å². The van der Waals surface area contributed by atoms with Gasteiger partial charge in [-0.3, -0.25) is 9.89 Å². The van der Waals surface area contributed by atoms with Crippen molar-refractivity contribution in [3.05, 3.63) is 48.3 Å². The molecule has 0 radical (unpaired) electrons. The Morgan fingerprint density at radius 2 is 2.12 bits per heavy atom. The smallest absolute Gasteiger partial charge is 0.223 e. The van der Waals surface area contributed by atoms with Crippen LogP contribution in [0, 0.1) is 5.92 Å². The lowest BCUT2D eigenvalue weighted by Crippen LogP contribution is -2.50. The maximum absolute atomic E-state index is 12.5. The topological polar surface area (TPSA) is 85.5 Å². The number of nitrogens with zero attached hydrogens (tertiary/aromatic N) is 1. The van der Waals surface area contributed by atoms with Crippen molar-refractivity contribution in [3.63, 3.8) is 0 Å². The first-order chi connectivity index (χ1) is 12.8. The molecular formula is C19H23N3O4. The maximum Gasteiger partial charge on any atom is 0.223 e. The molecule has 2 aliphatic rings. The summed E-state index contributed by atoms with van der Waals surface area (Å²) in [6.45, 7) is 1.52. The first-order valence-corrected chi connectivity index (χ1v) is 8.97. The van der Waals surface area contributed by atoms with Crippen LogP contribution in [0.25, 0.3) is 0 Å². The fourth-order valence-electron chi connectivity index (χ4n) is 3.27. The van der Waals surface area contributed by atoms with Crippen LogP contribution in [-0.4, -0.2) is 47.6 Å². The molecule has 4 rings (SSSR count). The van der Waals surface area contributed by atoms with E-state index in [0.29, 0.717) is 25.6 Å². The Hall–Kier alpha value is -2.38. The fourth-order valence-corrected chi connectivity index (χ4v) is 3.27. The van der Waals surface area contributed by atoms with Gasteiger partial charge in [-0.1, -0.05) is 30.3 Å². The van der Waals surface area contributed by atoms with E-state index in [1.165, 1.54) is 0 Å². The standard InChI is InChI=1S/C19H23N3O4/c23-19(14-6-15(7-14)25-10-13-4-2-1-3-5-13)22-17-11-24-12-18(17)26-16-8-20-21-9-16/h1-5,8-9,14-15,17-18H,6-7,10-12H2,(H,20,21)(H,22,23)/t14?,15?,17-,18+/m0/s1. The second-order valence-corrected chi connectivity index (χ2v) is 6.83. The Balaban J connectivity index is 1.19. The molecule has 1 aliphatic heterocycles. The van der Waals surface area contributed by atoms with Gasteiger partial charge in [-0.05, 0) is 18.4 Å². The molecule has 7 nitrogen and oxygen atoms in total. The molecule has 2 heterocycles. The van der Waals surface area contributed by atoms with Crippen molar-refractivity contribution < 1.29 is 19.0 Å².